The molecule has 0 saturated heterocycles. The lowest BCUT2D eigenvalue weighted by atomic mass is 10.0. The second kappa shape index (κ2) is 7.42. The molecule has 0 bridgehead atoms. The van der Waals surface area contributed by atoms with Crippen LogP contribution >= 0.6 is 0 Å². The van der Waals surface area contributed by atoms with Crippen molar-refractivity contribution in [3.63, 3.8) is 0 Å². The van der Waals surface area contributed by atoms with Gasteiger partial charge >= 0.3 is 0 Å². The van der Waals surface area contributed by atoms with Gasteiger partial charge in [0, 0.05) is 30.4 Å². The van der Waals surface area contributed by atoms with Crippen LogP contribution in [0.15, 0.2) is 50.6 Å². The molecule has 0 fully saturated rings. The van der Waals surface area contributed by atoms with Crippen molar-refractivity contribution in [2.24, 2.45) is 4.99 Å². The highest BCUT2D eigenvalue weighted by molar-refractivity contribution is 5.60. The molecule has 112 valence electrons. The highest BCUT2D eigenvalue weighted by Gasteiger charge is 2.29. The molecule has 2 atom stereocenters. The van der Waals surface area contributed by atoms with Crippen molar-refractivity contribution in [1.82, 2.24) is 0 Å². The first-order chi connectivity index (χ1) is 10.2. The highest BCUT2D eigenvalue weighted by Crippen LogP contribution is 2.14. The Bertz CT molecular complexity index is 561. The van der Waals surface area contributed by atoms with Crippen LogP contribution in [0.4, 0.5) is 0 Å². The highest BCUT2D eigenvalue weighted by atomic mass is 16.6. The standard InChI is InChI=1S/C15H18N2O4/c1-2-15(17(18)19)14(11-13-6-4-10-21-13)16-8-7-12-5-3-9-20-12/h3-6,8-10,14-15H,2,7,11H2,1H3/t14-,15-/m0/s1. The monoisotopic (exact) mass is 290 g/mol. The van der Waals surface area contributed by atoms with E-state index in [9.17, 15) is 10.1 Å². The summed E-state index contributed by atoms with van der Waals surface area (Å²) in [7, 11) is 0. The molecule has 0 aliphatic carbocycles. The van der Waals surface area contributed by atoms with E-state index in [1.807, 2.05) is 12.1 Å². The Labute approximate surface area is 122 Å². The second-order valence-corrected chi connectivity index (χ2v) is 4.73. The minimum Gasteiger partial charge on any atom is -0.469 e. The average Bonchev–Trinajstić information content (AvgIpc) is 3.12. The minimum absolute atomic E-state index is 0.266. The fourth-order valence-electron chi connectivity index (χ4n) is 2.19. The molecule has 0 spiro atoms. The van der Waals surface area contributed by atoms with E-state index in [0.717, 1.165) is 5.76 Å². The molecular weight excluding hydrogens is 272 g/mol. The van der Waals surface area contributed by atoms with Crippen LogP contribution in [-0.4, -0.2) is 23.2 Å². The molecule has 0 aliphatic heterocycles. The summed E-state index contributed by atoms with van der Waals surface area (Å²) in [6.45, 7) is 1.80. The summed E-state index contributed by atoms with van der Waals surface area (Å²) in [5.74, 6) is 1.49. The minimum atomic E-state index is -0.719. The molecule has 2 aromatic heterocycles. The predicted molar refractivity (Wildman–Crippen MR) is 78.2 cm³/mol. The van der Waals surface area contributed by atoms with E-state index < -0.39 is 12.1 Å². The van der Waals surface area contributed by atoms with E-state index in [4.69, 9.17) is 8.83 Å². The van der Waals surface area contributed by atoms with Gasteiger partial charge in [-0.25, -0.2) is 0 Å². The number of hydrogen-bond donors (Lipinski definition) is 0. The Kier molecular flexibility index (Phi) is 5.31. The zero-order chi connectivity index (χ0) is 15.1. The fraction of sp³-hybridized carbons (Fsp3) is 0.400. The molecule has 6 heteroatoms. The number of furan rings is 2. The van der Waals surface area contributed by atoms with Crippen molar-refractivity contribution in [1.29, 1.82) is 0 Å². The van der Waals surface area contributed by atoms with E-state index in [1.165, 1.54) is 0 Å². The van der Waals surface area contributed by atoms with E-state index in [-0.39, 0.29) is 4.92 Å². The molecule has 0 aromatic carbocycles. The van der Waals surface area contributed by atoms with Gasteiger partial charge in [-0.15, -0.1) is 0 Å². The van der Waals surface area contributed by atoms with Gasteiger partial charge in [0.25, 0.3) is 0 Å². The van der Waals surface area contributed by atoms with Gasteiger partial charge in [-0.2, -0.15) is 0 Å². The van der Waals surface area contributed by atoms with Crippen LogP contribution < -0.4 is 0 Å². The van der Waals surface area contributed by atoms with E-state index >= 15 is 0 Å². The van der Waals surface area contributed by atoms with Crippen molar-refractivity contribution >= 4 is 6.21 Å². The number of nitro groups is 1. The number of aliphatic imine (C=N–C) groups is 1. The van der Waals surface area contributed by atoms with E-state index in [1.54, 1.807) is 37.8 Å². The van der Waals surface area contributed by atoms with Gasteiger partial charge in [0.2, 0.25) is 6.04 Å². The molecule has 0 radical (unpaired) electrons. The van der Waals surface area contributed by atoms with Crippen molar-refractivity contribution in [2.75, 3.05) is 0 Å². The van der Waals surface area contributed by atoms with Crippen LogP contribution in [0.3, 0.4) is 0 Å². The summed E-state index contributed by atoms with van der Waals surface area (Å²) >= 11 is 0. The van der Waals surface area contributed by atoms with Crippen LogP contribution in [0.2, 0.25) is 0 Å². The third-order valence-electron chi connectivity index (χ3n) is 3.29. The van der Waals surface area contributed by atoms with Crippen molar-refractivity contribution in [3.05, 3.63) is 58.4 Å². The van der Waals surface area contributed by atoms with Gasteiger partial charge in [0.05, 0.1) is 12.5 Å². The summed E-state index contributed by atoms with van der Waals surface area (Å²) < 4.78 is 10.5. The summed E-state index contributed by atoms with van der Waals surface area (Å²) in [5, 5.41) is 11.2. The molecular formula is C15H18N2O4. The molecule has 0 N–H and O–H groups in total. The molecule has 0 aliphatic rings. The quantitative estimate of drug-likeness (QED) is 0.425. The maximum Gasteiger partial charge on any atom is 0.235 e. The van der Waals surface area contributed by atoms with Crippen molar-refractivity contribution in [2.45, 2.75) is 38.3 Å². The maximum absolute atomic E-state index is 11.2. The molecule has 2 rings (SSSR count). The van der Waals surface area contributed by atoms with E-state index in [2.05, 4.69) is 4.99 Å². The third kappa shape index (κ3) is 4.30. The van der Waals surface area contributed by atoms with Crippen LogP contribution in [-0.2, 0) is 12.8 Å². The van der Waals surface area contributed by atoms with Crippen LogP contribution in [0.5, 0.6) is 0 Å². The zero-order valence-corrected chi connectivity index (χ0v) is 11.8. The Balaban J connectivity index is 2.06. The normalized spacial score (nSPS) is 14.3. The van der Waals surface area contributed by atoms with Crippen molar-refractivity contribution < 1.29 is 13.8 Å². The first kappa shape index (κ1) is 15.0. The predicted octanol–water partition coefficient (Wildman–Crippen LogP) is 3.15. The van der Waals surface area contributed by atoms with Gasteiger partial charge in [-0.05, 0) is 24.3 Å². The molecule has 2 heterocycles. The first-order valence-corrected chi connectivity index (χ1v) is 6.90. The second-order valence-electron chi connectivity index (χ2n) is 4.73. The molecule has 0 unspecified atom stereocenters. The lowest BCUT2D eigenvalue weighted by Crippen LogP contribution is -2.33. The molecule has 0 saturated carbocycles. The molecule has 0 amide bonds. The van der Waals surface area contributed by atoms with E-state index in [0.29, 0.717) is 25.0 Å². The topological polar surface area (TPSA) is 81.8 Å². The first-order valence-electron chi connectivity index (χ1n) is 6.90. The maximum atomic E-state index is 11.2. The molecule has 2 aromatic rings. The van der Waals surface area contributed by atoms with Gasteiger partial charge in [0.15, 0.2) is 0 Å². The average molecular weight is 290 g/mol. The van der Waals surface area contributed by atoms with Crippen molar-refractivity contribution in [3.8, 4) is 0 Å². The number of rotatable bonds is 8. The summed E-state index contributed by atoms with van der Waals surface area (Å²) in [6, 6.07) is 6.07. The Morgan fingerprint density at radius 2 is 1.95 bits per heavy atom. The van der Waals surface area contributed by atoms with Crippen LogP contribution in [0, 0.1) is 10.1 Å². The third-order valence-corrected chi connectivity index (χ3v) is 3.29. The summed E-state index contributed by atoms with van der Waals surface area (Å²) in [4.78, 5) is 15.3. The van der Waals surface area contributed by atoms with Gasteiger partial charge in [0.1, 0.15) is 17.6 Å². The van der Waals surface area contributed by atoms with Crippen LogP contribution in [0.1, 0.15) is 24.9 Å². The van der Waals surface area contributed by atoms with Gasteiger partial charge in [-0.3, -0.25) is 15.1 Å². The van der Waals surface area contributed by atoms with Gasteiger partial charge in [-0.1, -0.05) is 6.92 Å². The molecule has 6 nitrogen and oxygen atoms in total. The Hall–Kier alpha value is -2.37. The molecule has 21 heavy (non-hydrogen) atoms. The Morgan fingerprint density at radius 3 is 2.48 bits per heavy atom. The smallest absolute Gasteiger partial charge is 0.235 e. The van der Waals surface area contributed by atoms with Crippen LogP contribution in [0.25, 0.3) is 0 Å². The fourth-order valence-corrected chi connectivity index (χ4v) is 2.19. The summed E-state index contributed by atoms with van der Waals surface area (Å²) in [5.41, 5.74) is 0. The SMILES string of the molecule is CC[C@@H]([C@H](Cc1ccco1)N=CCc1ccco1)[N+](=O)[O-]. The lowest BCUT2D eigenvalue weighted by Gasteiger charge is -2.15. The van der Waals surface area contributed by atoms with Gasteiger partial charge < -0.3 is 8.83 Å². The largest absolute Gasteiger partial charge is 0.469 e. The number of nitrogens with zero attached hydrogens (tertiary/aromatic N) is 2. The number of hydrogen-bond acceptors (Lipinski definition) is 5. The Morgan fingerprint density at radius 1 is 1.29 bits per heavy atom. The summed E-state index contributed by atoms with van der Waals surface area (Å²) in [6.07, 6.45) is 6.20. The lowest BCUT2D eigenvalue weighted by molar-refractivity contribution is -0.525. The zero-order valence-electron chi connectivity index (χ0n) is 11.8.